The maximum absolute atomic E-state index is 12.5. The molecular formula is C18H24N6O. The zero-order chi connectivity index (χ0) is 17.1. The van der Waals surface area contributed by atoms with Crippen LogP contribution < -0.4 is 15.5 Å². The van der Waals surface area contributed by atoms with Crippen molar-refractivity contribution in [3.8, 4) is 0 Å². The normalized spacial score (nSPS) is 17.7. The first-order valence-corrected chi connectivity index (χ1v) is 9.09. The Kier molecular flexibility index (Phi) is 4.65. The third-order valence-corrected chi connectivity index (χ3v) is 4.83. The van der Waals surface area contributed by atoms with E-state index in [1.54, 1.807) is 6.20 Å². The molecule has 4 heterocycles. The van der Waals surface area contributed by atoms with Gasteiger partial charge in [0.25, 0.3) is 5.91 Å². The average molecular weight is 340 g/mol. The molecule has 0 radical (unpaired) electrons. The van der Waals surface area contributed by atoms with Gasteiger partial charge in [0.2, 0.25) is 0 Å². The molecule has 25 heavy (non-hydrogen) atoms. The first-order valence-electron chi connectivity index (χ1n) is 9.09. The summed E-state index contributed by atoms with van der Waals surface area (Å²) in [5.41, 5.74) is 1.17. The number of hydrogen-bond acceptors (Lipinski definition) is 5. The molecule has 0 spiro atoms. The Morgan fingerprint density at radius 1 is 1.12 bits per heavy atom. The van der Waals surface area contributed by atoms with Gasteiger partial charge in [-0.15, -0.1) is 0 Å². The molecule has 2 N–H and O–H groups in total. The molecule has 132 valence electrons. The van der Waals surface area contributed by atoms with Crippen molar-refractivity contribution in [3.05, 3.63) is 36.0 Å². The molecule has 2 aliphatic heterocycles. The quantitative estimate of drug-likeness (QED) is 0.889. The van der Waals surface area contributed by atoms with Crippen molar-refractivity contribution < 1.29 is 4.79 Å². The minimum absolute atomic E-state index is 0.180. The van der Waals surface area contributed by atoms with Crippen molar-refractivity contribution in [2.24, 2.45) is 0 Å². The molecule has 7 nitrogen and oxygen atoms in total. The molecule has 0 bridgehead atoms. The standard InChI is InChI=1S/C18H24N6O/c25-18(15-13-24-11-8-19-7-6-17(24)22-15)21-14-4-5-16(20-12-14)23-9-2-1-3-10-23/h4-5,12-13,19H,1-3,6-11H2,(H,21,25). The lowest BCUT2D eigenvalue weighted by Crippen LogP contribution is -2.30. The van der Waals surface area contributed by atoms with Crippen LogP contribution in [-0.4, -0.2) is 46.6 Å². The number of fused-ring (bicyclic) bond motifs is 1. The maximum Gasteiger partial charge on any atom is 0.275 e. The van der Waals surface area contributed by atoms with E-state index in [-0.39, 0.29) is 5.91 Å². The molecule has 1 amide bonds. The lowest BCUT2D eigenvalue weighted by molar-refractivity contribution is 0.102. The fourth-order valence-electron chi connectivity index (χ4n) is 3.45. The van der Waals surface area contributed by atoms with Crippen molar-refractivity contribution in [2.75, 3.05) is 36.4 Å². The number of amides is 1. The van der Waals surface area contributed by atoms with Crippen LogP contribution in [-0.2, 0) is 13.0 Å². The predicted octanol–water partition coefficient (Wildman–Crippen LogP) is 1.67. The highest BCUT2D eigenvalue weighted by molar-refractivity contribution is 6.02. The minimum Gasteiger partial charge on any atom is -0.357 e. The summed E-state index contributed by atoms with van der Waals surface area (Å²) in [4.78, 5) is 23.7. The SMILES string of the molecule is O=C(Nc1ccc(N2CCCCC2)nc1)c1cn2c(n1)CCNCC2. The van der Waals surface area contributed by atoms with Gasteiger partial charge >= 0.3 is 0 Å². The van der Waals surface area contributed by atoms with Crippen LogP contribution >= 0.6 is 0 Å². The molecule has 0 saturated carbocycles. The molecule has 0 aliphatic carbocycles. The fourth-order valence-corrected chi connectivity index (χ4v) is 3.45. The number of rotatable bonds is 3. The number of anilines is 2. The molecule has 1 fully saturated rings. The van der Waals surface area contributed by atoms with Crippen molar-refractivity contribution in [2.45, 2.75) is 32.2 Å². The maximum atomic E-state index is 12.5. The number of carbonyl (C=O) groups excluding carboxylic acids is 1. The van der Waals surface area contributed by atoms with E-state index in [0.717, 1.165) is 50.8 Å². The molecule has 2 aromatic rings. The van der Waals surface area contributed by atoms with Crippen LogP contribution in [0.2, 0.25) is 0 Å². The Hall–Kier alpha value is -2.41. The number of carbonyl (C=O) groups is 1. The number of pyridine rings is 1. The molecule has 0 unspecified atom stereocenters. The van der Waals surface area contributed by atoms with Gasteiger partial charge in [0, 0.05) is 45.3 Å². The smallest absolute Gasteiger partial charge is 0.275 e. The van der Waals surface area contributed by atoms with Crippen molar-refractivity contribution in [3.63, 3.8) is 0 Å². The van der Waals surface area contributed by atoms with Crippen molar-refractivity contribution in [1.82, 2.24) is 19.9 Å². The third-order valence-electron chi connectivity index (χ3n) is 4.83. The zero-order valence-corrected chi connectivity index (χ0v) is 14.4. The van der Waals surface area contributed by atoms with Crippen LogP contribution in [0.1, 0.15) is 35.6 Å². The highest BCUT2D eigenvalue weighted by atomic mass is 16.1. The number of aromatic nitrogens is 3. The number of hydrogen-bond donors (Lipinski definition) is 2. The molecule has 0 aromatic carbocycles. The van der Waals surface area contributed by atoms with Gasteiger partial charge in [-0.05, 0) is 31.4 Å². The first kappa shape index (κ1) is 16.1. The average Bonchev–Trinajstić information content (AvgIpc) is 2.94. The summed E-state index contributed by atoms with van der Waals surface area (Å²) >= 11 is 0. The van der Waals surface area contributed by atoms with Gasteiger partial charge in [-0.25, -0.2) is 9.97 Å². The van der Waals surface area contributed by atoms with E-state index < -0.39 is 0 Å². The topological polar surface area (TPSA) is 75.1 Å². The van der Waals surface area contributed by atoms with E-state index in [1.807, 2.05) is 18.3 Å². The van der Waals surface area contributed by atoms with E-state index in [9.17, 15) is 4.79 Å². The summed E-state index contributed by atoms with van der Waals surface area (Å²) in [6, 6.07) is 3.90. The number of nitrogens with zero attached hydrogens (tertiary/aromatic N) is 4. The highest BCUT2D eigenvalue weighted by Crippen LogP contribution is 2.19. The third kappa shape index (κ3) is 3.66. The Balaban J connectivity index is 1.42. The second-order valence-electron chi connectivity index (χ2n) is 6.64. The summed E-state index contributed by atoms with van der Waals surface area (Å²) in [6.45, 7) is 4.79. The molecule has 1 saturated heterocycles. The van der Waals surface area contributed by atoms with Gasteiger partial charge in [0.1, 0.15) is 17.3 Å². The Morgan fingerprint density at radius 3 is 2.80 bits per heavy atom. The van der Waals surface area contributed by atoms with Gasteiger partial charge in [-0.3, -0.25) is 4.79 Å². The van der Waals surface area contributed by atoms with E-state index in [2.05, 4.69) is 30.1 Å². The Labute approximate surface area is 147 Å². The number of piperidine rings is 1. The summed E-state index contributed by atoms with van der Waals surface area (Å²) in [5, 5.41) is 6.23. The van der Waals surface area contributed by atoms with Crippen molar-refractivity contribution in [1.29, 1.82) is 0 Å². The Morgan fingerprint density at radius 2 is 2.00 bits per heavy atom. The van der Waals surface area contributed by atoms with Crippen LogP contribution in [0.3, 0.4) is 0 Å². The Bertz CT molecular complexity index is 709. The zero-order valence-electron chi connectivity index (χ0n) is 14.4. The van der Waals surface area contributed by atoms with E-state index in [0.29, 0.717) is 11.4 Å². The molecule has 2 aromatic heterocycles. The monoisotopic (exact) mass is 340 g/mol. The molecule has 0 atom stereocenters. The predicted molar refractivity (Wildman–Crippen MR) is 97.1 cm³/mol. The summed E-state index contributed by atoms with van der Waals surface area (Å²) < 4.78 is 2.06. The van der Waals surface area contributed by atoms with E-state index in [4.69, 9.17) is 0 Å². The molecule has 7 heteroatoms. The summed E-state index contributed by atoms with van der Waals surface area (Å²) in [6.07, 6.45) is 8.16. The van der Waals surface area contributed by atoms with Crippen molar-refractivity contribution >= 4 is 17.4 Å². The molecule has 4 rings (SSSR count). The van der Waals surface area contributed by atoms with E-state index in [1.165, 1.54) is 19.3 Å². The van der Waals surface area contributed by atoms with Gasteiger partial charge in [-0.2, -0.15) is 0 Å². The second-order valence-corrected chi connectivity index (χ2v) is 6.64. The van der Waals surface area contributed by atoms with Gasteiger partial charge in [0.05, 0.1) is 11.9 Å². The highest BCUT2D eigenvalue weighted by Gasteiger charge is 2.16. The van der Waals surface area contributed by atoms with Crippen LogP contribution in [0.25, 0.3) is 0 Å². The molecular weight excluding hydrogens is 316 g/mol. The van der Waals surface area contributed by atoms with Crippen LogP contribution in [0.4, 0.5) is 11.5 Å². The number of imidazole rings is 1. The first-order chi connectivity index (χ1) is 12.3. The molecule has 2 aliphatic rings. The van der Waals surface area contributed by atoms with Gasteiger partial charge in [0.15, 0.2) is 0 Å². The second kappa shape index (κ2) is 7.23. The summed E-state index contributed by atoms with van der Waals surface area (Å²) in [7, 11) is 0. The van der Waals surface area contributed by atoms with Gasteiger partial charge < -0.3 is 20.1 Å². The largest absolute Gasteiger partial charge is 0.357 e. The van der Waals surface area contributed by atoms with E-state index >= 15 is 0 Å². The lowest BCUT2D eigenvalue weighted by Gasteiger charge is -2.27. The van der Waals surface area contributed by atoms with Crippen LogP contribution in [0, 0.1) is 0 Å². The minimum atomic E-state index is -0.180. The number of nitrogens with one attached hydrogen (secondary N) is 2. The fraction of sp³-hybridized carbons (Fsp3) is 0.500. The van der Waals surface area contributed by atoms with Crippen LogP contribution in [0.15, 0.2) is 24.5 Å². The van der Waals surface area contributed by atoms with Crippen LogP contribution in [0.5, 0.6) is 0 Å². The van der Waals surface area contributed by atoms with Gasteiger partial charge in [-0.1, -0.05) is 0 Å². The lowest BCUT2D eigenvalue weighted by atomic mass is 10.1. The summed E-state index contributed by atoms with van der Waals surface area (Å²) in [5.74, 6) is 1.77.